The van der Waals surface area contributed by atoms with Gasteiger partial charge in [-0.2, -0.15) is 0 Å². The van der Waals surface area contributed by atoms with Crippen molar-refractivity contribution in [3.63, 3.8) is 0 Å². The minimum absolute atomic E-state index is 0.203. The van der Waals surface area contributed by atoms with E-state index in [1.165, 1.54) is 16.7 Å². The first kappa shape index (κ1) is 14.3. The standard InChI is InChI=1S/C17H24O2/c1-4-12-10-13(5-2)16(14(6-3)11-12)17(18)15-8-7-9-19-15/h10-11,15H,4-9H2,1-3H3. The molecule has 0 aromatic heterocycles. The average Bonchev–Trinajstić information content (AvgIpc) is 2.99. The number of ketones is 1. The maximum Gasteiger partial charge on any atom is 0.192 e. The normalized spacial score (nSPS) is 18.8. The van der Waals surface area contributed by atoms with Crippen molar-refractivity contribution in [3.8, 4) is 0 Å². The zero-order valence-electron chi connectivity index (χ0n) is 12.3. The summed E-state index contributed by atoms with van der Waals surface area (Å²) in [6.45, 7) is 7.14. The molecule has 0 bridgehead atoms. The summed E-state index contributed by atoms with van der Waals surface area (Å²) in [6.07, 6.45) is 4.52. The van der Waals surface area contributed by atoms with Crippen LogP contribution in [0.15, 0.2) is 12.1 Å². The second-order valence-corrected chi connectivity index (χ2v) is 5.22. The molecule has 0 aliphatic carbocycles. The topological polar surface area (TPSA) is 26.3 Å². The van der Waals surface area contributed by atoms with Gasteiger partial charge in [0.2, 0.25) is 0 Å². The molecule has 1 aliphatic heterocycles. The van der Waals surface area contributed by atoms with E-state index < -0.39 is 0 Å². The van der Waals surface area contributed by atoms with Crippen molar-refractivity contribution < 1.29 is 9.53 Å². The van der Waals surface area contributed by atoms with Crippen molar-refractivity contribution >= 4 is 5.78 Å². The predicted molar refractivity (Wildman–Crippen MR) is 77.9 cm³/mol. The van der Waals surface area contributed by atoms with Crippen molar-refractivity contribution in [1.29, 1.82) is 0 Å². The van der Waals surface area contributed by atoms with Crippen LogP contribution < -0.4 is 0 Å². The maximum absolute atomic E-state index is 12.7. The molecule has 1 unspecified atom stereocenters. The zero-order valence-corrected chi connectivity index (χ0v) is 12.3. The fourth-order valence-electron chi connectivity index (χ4n) is 2.86. The van der Waals surface area contributed by atoms with Gasteiger partial charge < -0.3 is 4.74 Å². The van der Waals surface area contributed by atoms with E-state index in [0.717, 1.165) is 44.3 Å². The monoisotopic (exact) mass is 260 g/mol. The van der Waals surface area contributed by atoms with Crippen LogP contribution in [-0.4, -0.2) is 18.5 Å². The van der Waals surface area contributed by atoms with Gasteiger partial charge in [-0.1, -0.05) is 32.9 Å². The summed E-state index contributed by atoms with van der Waals surface area (Å²) in [5, 5.41) is 0. The molecule has 1 aromatic rings. The SMILES string of the molecule is CCc1cc(CC)c(C(=O)C2CCCO2)c(CC)c1. The van der Waals surface area contributed by atoms with E-state index in [2.05, 4.69) is 32.9 Å². The first-order valence-electron chi connectivity index (χ1n) is 7.51. The van der Waals surface area contributed by atoms with E-state index in [4.69, 9.17) is 4.74 Å². The van der Waals surface area contributed by atoms with E-state index >= 15 is 0 Å². The fraction of sp³-hybridized carbons (Fsp3) is 0.588. The molecule has 1 saturated heterocycles. The lowest BCUT2D eigenvalue weighted by Gasteiger charge is -2.17. The third-order valence-corrected chi connectivity index (χ3v) is 4.00. The second kappa shape index (κ2) is 6.33. The maximum atomic E-state index is 12.7. The number of hydrogen-bond donors (Lipinski definition) is 0. The van der Waals surface area contributed by atoms with E-state index in [-0.39, 0.29) is 11.9 Å². The highest BCUT2D eigenvalue weighted by molar-refractivity contribution is 6.02. The summed E-state index contributed by atoms with van der Waals surface area (Å²) >= 11 is 0. The van der Waals surface area contributed by atoms with Crippen LogP contribution in [0.25, 0.3) is 0 Å². The van der Waals surface area contributed by atoms with Crippen LogP contribution in [0.1, 0.15) is 60.7 Å². The summed E-state index contributed by atoms with van der Waals surface area (Å²) < 4.78 is 5.58. The Bertz CT molecular complexity index is 431. The highest BCUT2D eigenvalue weighted by Gasteiger charge is 2.27. The molecular weight excluding hydrogens is 236 g/mol. The molecule has 1 aliphatic rings. The highest BCUT2D eigenvalue weighted by atomic mass is 16.5. The van der Waals surface area contributed by atoms with Crippen LogP contribution in [0.3, 0.4) is 0 Å². The number of benzene rings is 1. The largest absolute Gasteiger partial charge is 0.370 e. The minimum Gasteiger partial charge on any atom is -0.370 e. The molecule has 0 N–H and O–H groups in total. The van der Waals surface area contributed by atoms with Crippen molar-refractivity contribution in [1.82, 2.24) is 0 Å². The van der Waals surface area contributed by atoms with Gasteiger partial charge in [-0.3, -0.25) is 4.79 Å². The Kier molecular flexibility index (Phi) is 4.76. The number of carbonyl (C=O) groups is 1. The lowest BCUT2D eigenvalue weighted by molar-refractivity contribution is 0.0641. The Balaban J connectivity index is 2.44. The third kappa shape index (κ3) is 2.89. The van der Waals surface area contributed by atoms with Crippen molar-refractivity contribution in [2.75, 3.05) is 6.61 Å². The van der Waals surface area contributed by atoms with Gasteiger partial charge in [-0.05, 0) is 48.8 Å². The second-order valence-electron chi connectivity index (χ2n) is 5.22. The Morgan fingerprint density at radius 2 is 1.79 bits per heavy atom. The van der Waals surface area contributed by atoms with Gasteiger partial charge >= 0.3 is 0 Å². The van der Waals surface area contributed by atoms with Crippen LogP contribution in [0.4, 0.5) is 0 Å². The number of Topliss-reactive ketones (excluding diaryl/α,β-unsaturated/α-hetero) is 1. The van der Waals surface area contributed by atoms with Crippen LogP contribution in [0, 0.1) is 0 Å². The molecule has 1 heterocycles. The molecule has 0 amide bonds. The first-order chi connectivity index (χ1) is 9.21. The predicted octanol–water partition coefficient (Wildman–Crippen LogP) is 3.74. The molecule has 1 atom stereocenters. The molecule has 2 heteroatoms. The number of rotatable bonds is 5. The van der Waals surface area contributed by atoms with Gasteiger partial charge in [0.15, 0.2) is 5.78 Å². The van der Waals surface area contributed by atoms with Crippen LogP contribution in [-0.2, 0) is 24.0 Å². The van der Waals surface area contributed by atoms with Crippen molar-refractivity contribution in [2.45, 2.75) is 59.0 Å². The molecule has 0 radical (unpaired) electrons. The number of ether oxygens (including phenoxy) is 1. The van der Waals surface area contributed by atoms with Gasteiger partial charge in [0.05, 0.1) is 0 Å². The lowest BCUT2D eigenvalue weighted by atomic mass is 9.89. The lowest BCUT2D eigenvalue weighted by Crippen LogP contribution is -2.22. The highest BCUT2D eigenvalue weighted by Crippen LogP contribution is 2.25. The Morgan fingerprint density at radius 3 is 2.21 bits per heavy atom. The van der Waals surface area contributed by atoms with Crippen molar-refractivity contribution in [3.05, 3.63) is 34.4 Å². The molecule has 0 spiro atoms. The minimum atomic E-state index is -0.205. The summed E-state index contributed by atoms with van der Waals surface area (Å²) in [6, 6.07) is 4.39. The van der Waals surface area contributed by atoms with Crippen LogP contribution in [0.5, 0.6) is 0 Å². The van der Waals surface area contributed by atoms with Gasteiger partial charge in [0.1, 0.15) is 6.10 Å². The van der Waals surface area contributed by atoms with E-state index in [1.54, 1.807) is 0 Å². The summed E-state index contributed by atoms with van der Waals surface area (Å²) in [4.78, 5) is 12.7. The summed E-state index contributed by atoms with van der Waals surface area (Å²) in [5.74, 6) is 0.203. The van der Waals surface area contributed by atoms with Gasteiger partial charge in [-0.15, -0.1) is 0 Å². The summed E-state index contributed by atoms with van der Waals surface area (Å²) in [5.41, 5.74) is 4.65. The molecule has 1 aromatic carbocycles. The van der Waals surface area contributed by atoms with Crippen LogP contribution in [0.2, 0.25) is 0 Å². The third-order valence-electron chi connectivity index (χ3n) is 4.00. The zero-order chi connectivity index (χ0) is 13.8. The van der Waals surface area contributed by atoms with Crippen LogP contribution >= 0.6 is 0 Å². The number of aryl methyl sites for hydroxylation is 3. The number of carbonyl (C=O) groups excluding carboxylic acids is 1. The molecule has 2 nitrogen and oxygen atoms in total. The Morgan fingerprint density at radius 1 is 1.16 bits per heavy atom. The summed E-state index contributed by atoms with van der Waals surface area (Å²) in [7, 11) is 0. The molecule has 104 valence electrons. The molecular formula is C17H24O2. The smallest absolute Gasteiger partial charge is 0.192 e. The van der Waals surface area contributed by atoms with E-state index in [1.807, 2.05) is 0 Å². The molecule has 2 rings (SSSR count). The molecule has 1 fully saturated rings. The van der Waals surface area contributed by atoms with Gasteiger partial charge in [0.25, 0.3) is 0 Å². The van der Waals surface area contributed by atoms with Gasteiger partial charge in [0, 0.05) is 12.2 Å². The average molecular weight is 260 g/mol. The first-order valence-corrected chi connectivity index (χ1v) is 7.51. The Labute approximate surface area is 116 Å². The molecule has 0 saturated carbocycles. The fourth-order valence-corrected chi connectivity index (χ4v) is 2.86. The van der Waals surface area contributed by atoms with Gasteiger partial charge in [-0.25, -0.2) is 0 Å². The van der Waals surface area contributed by atoms with Crippen molar-refractivity contribution in [2.24, 2.45) is 0 Å². The van der Waals surface area contributed by atoms with E-state index in [9.17, 15) is 4.79 Å². The molecule has 19 heavy (non-hydrogen) atoms. The van der Waals surface area contributed by atoms with E-state index in [0.29, 0.717) is 0 Å². The quantitative estimate of drug-likeness (QED) is 0.754. The number of hydrogen-bond acceptors (Lipinski definition) is 2. The Hall–Kier alpha value is -1.15.